The van der Waals surface area contributed by atoms with Gasteiger partial charge in [-0.1, -0.05) is 46.3 Å². The third-order valence-electron chi connectivity index (χ3n) is 14.8. The summed E-state index contributed by atoms with van der Waals surface area (Å²) in [6, 6.07) is 0. The zero-order valence-electron chi connectivity index (χ0n) is 29.0. The van der Waals surface area contributed by atoms with Crippen molar-refractivity contribution in [1.82, 2.24) is 0 Å². The topological polar surface area (TPSA) is 173 Å². The van der Waals surface area contributed by atoms with Gasteiger partial charge in [-0.3, -0.25) is 0 Å². The number of aliphatic hydroxyl groups excluding tert-OH is 7. The van der Waals surface area contributed by atoms with Gasteiger partial charge >= 0.3 is 0 Å². The van der Waals surface area contributed by atoms with Crippen LogP contribution in [0.25, 0.3) is 0 Å². The van der Waals surface area contributed by atoms with Crippen LogP contribution in [-0.4, -0.2) is 109 Å². The molecule has 0 spiro atoms. The molecule has 2 aliphatic heterocycles. The average Bonchev–Trinajstić information content (AvgIpc) is 3.45. The van der Waals surface area contributed by atoms with Gasteiger partial charge in [0.1, 0.15) is 36.6 Å². The summed E-state index contributed by atoms with van der Waals surface area (Å²) in [7, 11) is 0. The predicted octanol–water partition coefficient (Wildman–Crippen LogP) is 2.28. The lowest BCUT2D eigenvalue weighted by atomic mass is 9.34. The molecule has 0 amide bonds. The standard InChI is InChI=1S/C36H60O10/c1-17(13-20(39)30-33(4,5)46-30)18-9-12-35(7)25(18)19(38)14-23-34(6)11-10-24(40)32(2,3)29(34)21(15-36(23,35)8)44-31-28(43)27(42)26(41)22(16-37)45-31/h13,18-31,37-43H,9-12,14-16H2,1-8H3/b17-13+/t18-,19-,20-,21+,22-,23-,24+,25+,26-,27+,28-,29-,30-,31-,34-,35-,36-/m1/s1. The van der Waals surface area contributed by atoms with Crippen LogP contribution in [0.4, 0.5) is 0 Å². The third-order valence-corrected chi connectivity index (χ3v) is 14.8. The van der Waals surface area contributed by atoms with Crippen LogP contribution >= 0.6 is 0 Å². The van der Waals surface area contributed by atoms with Crippen molar-refractivity contribution in [3.05, 3.63) is 11.6 Å². The molecule has 46 heavy (non-hydrogen) atoms. The van der Waals surface area contributed by atoms with E-state index >= 15 is 0 Å². The highest BCUT2D eigenvalue weighted by Gasteiger charge is 2.73. The van der Waals surface area contributed by atoms with Crippen molar-refractivity contribution < 1.29 is 50.0 Å². The van der Waals surface area contributed by atoms with Crippen LogP contribution in [0.5, 0.6) is 0 Å². The second-order valence-corrected chi connectivity index (χ2v) is 17.8. The smallest absolute Gasteiger partial charge is 0.186 e. The Balaban J connectivity index is 1.37. The molecule has 4 aliphatic carbocycles. The lowest BCUT2D eigenvalue weighted by Gasteiger charge is -2.72. The fourth-order valence-electron chi connectivity index (χ4n) is 12.1. The summed E-state index contributed by atoms with van der Waals surface area (Å²) in [5, 5.41) is 76.3. The Labute approximate surface area is 274 Å². The molecular weight excluding hydrogens is 592 g/mol. The summed E-state index contributed by atoms with van der Waals surface area (Å²) < 4.78 is 18.3. The van der Waals surface area contributed by atoms with E-state index in [9.17, 15) is 35.7 Å². The molecule has 6 fully saturated rings. The van der Waals surface area contributed by atoms with Gasteiger partial charge in [-0.15, -0.1) is 0 Å². The second-order valence-electron chi connectivity index (χ2n) is 17.8. The average molecular weight is 653 g/mol. The van der Waals surface area contributed by atoms with Crippen LogP contribution in [0.3, 0.4) is 0 Å². The molecule has 2 saturated heterocycles. The molecule has 0 aromatic carbocycles. The van der Waals surface area contributed by atoms with E-state index in [1.165, 1.54) is 0 Å². The number of hydrogen-bond acceptors (Lipinski definition) is 10. The van der Waals surface area contributed by atoms with Crippen molar-refractivity contribution in [2.75, 3.05) is 6.61 Å². The van der Waals surface area contributed by atoms with Gasteiger partial charge in [0.05, 0.1) is 30.5 Å². The van der Waals surface area contributed by atoms with Crippen LogP contribution in [0, 0.1) is 45.3 Å². The molecule has 0 aromatic heterocycles. The van der Waals surface area contributed by atoms with Gasteiger partial charge in [0, 0.05) is 0 Å². The summed E-state index contributed by atoms with van der Waals surface area (Å²) in [4.78, 5) is 0. The Kier molecular flexibility index (Phi) is 8.74. The molecule has 17 atom stereocenters. The Morgan fingerprint density at radius 1 is 0.913 bits per heavy atom. The number of fused-ring (bicyclic) bond motifs is 5. The van der Waals surface area contributed by atoms with E-state index in [1.54, 1.807) is 0 Å². The van der Waals surface area contributed by atoms with E-state index < -0.39 is 67.1 Å². The number of aliphatic hydroxyl groups is 7. The molecule has 2 heterocycles. The monoisotopic (exact) mass is 652 g/mol. The highest BCUT2D eigenvalue weighted by Crippen LogP contribution is 2.76. The van der Waals surface area contributed by atoms with Crippen LogP contribution in [0.15, 0.2) is 11.6 Å². The van der Waals surface area contributed by atoms with E-state index in [4.69, 9.17) is 14.2 Å². The van der Waals surface area contributed by atoms with Crippen LogP contribution in [0.2, 0.25) is 0 Å². The Bertz CT molecular complexity index is 1190. The fourth-order valence-corrected chi connectivity index (χ4v) is 12.1. The summed E-state index contributed by atoms with van der Waals surface area (Å²) >= 11 is 0. The quantitative estimate of drug-likeness (QED) is 0.128. The molecule has 0 bridgehead atoms. The molecule has 0 radical (unpaired) electrons. The molecule has 0 aromatic rings. The Morgan fingerprint density at radius 2 is 1.57 bits per heavy atom. The second kappa shape index (κ2) is 11.4. The summed E-state index contributed by atoms with van der Waals surface area (Å²) in [6.07, 6.45) is -3.02. The van der Waals surface area contributed by atoms with Crippen LogP contribution in [0.1, 0.15) is 93.9 Å². The van der Waals surface area contributed by atoms with Gasteiger partial charge in [0.15, 0.2) is 6.29 Å². The molecule has 4 saturated carbocycles. The number of rotatable bonds is 6. The fraction of sp³-hybridized carbons (Fsp3) is 0.944. The number of epoxide rings is 1. The largest absolute Gasteiger partial charge is 0.394 e. The third kappa shape index (κ3) is 5.03. The summed E-state index contributed by atoms with van der Waals surface area (Å²) in [5.41, 5.74) is -0.698. The molecular formula is C36H60O10. The lowest BCUT2D eigenvalue weighted by molar-refractivity contribution is -0.346. The number of allylic oxidation sites excluding steroid dienone is 1. The van der Waals surface area contributed by atoms with E-state index in [1.807, 2.05) is 19.9 Å². The maximum absolute atomic E-state index is 12.1. The Morgan fingerprint density at radius 3 is 2.17 bits per heavy atom. The van der Waals surface area contributed by atoms with E-state index in [-0.39, 0.29) is 51.6 Å². The molecule has 6 rings (SSSR count). The van der Waals surface area contributed by atoms with Crippen molar-refractivity contribution in [2.24, 2.45) is 45.3 Å². The van der Waals surface area contributed by atoms with Crippen LogP contribution < -0.4 is 0 Å². The first-order valence-corrected chi connectivity index (χ1v) is 17.6. The van der Waals surface area contributed by atoms with Gasteiger partial charge in [-0.25, -0.2) is 0 Å². The van der Waals surface area contributed by atoms with Gasteiger partial charge in [0.25, 0.3) is 0 Å². The molecule has 0 unspecified atom stereocenters. The minimum absolute atomic E-state index is 0.0272. The zero-order valence-corrected chi connectivity index (χ0v) is 29.0. The first-order valence-electron chi connectivity index (χ1n) is 17.6. The zero-order chi connectivity index (χ0) is 33.9. The van der Waals surface area contributed by atoms with Crippen molar-refractivity contribution in [3.8, 4) is 0 Å². The highest BCUT2D eigenvalue weighted by atomic mass is 16.7. The highest BCUT2D eigenvalue weighted by molar-refractivity contribution is 5.25. The summed E-state index contributed by atoms with van der Waals surface area (Å²) in [5.74, 6) is 0.0595. The minimum Gasteiger partial charge on any atom is -0.394 e. The van der Waals surface area contributed by atoms with E-state index in [0.29, 0.717) is 19.3 Å². The normalized spacial score (nSPS) is 55.2. The first-order chi connectivity index (χ1) is 21.2. The molecule has 6 aliphatic rings. The van der Waals surface area contributed by atoms with Crippen molar-refractivity contribution in [2.45, 2.75) is 161 Å². The van der Waals surface area contributed by atoms with Gasteiger partial charge in [-0.2, -0.15) is 0 Å². The van der Waals surface area contributed by atoms with Crippen LogP contribution in [-0.2, 0) is 14.2 Å². The van der Waals surface area contributed by atoms with Crippen molar-refractivity contribution in [1.29, 1.82) is 0 Å². The predicted molar refractivity (Wildman–Crippen MR) is 169 cm³/mol. The maximum atomic E-state index is 12.1. The molecule has 264 valence electrons. The lowest BCUT2D eigenvalue weighted by Crippen LogP contribution is -2.70. The number of hydrogen-bond donors (Lipinski definition) is 7. The van der Waals surface area contributed by atoms with Crippen molar-refractivity contribution in [3.63, 3.8) is 0 Å². The first kappa shape index (κ1) is 35.2. The van der Waals surface area contributed by atoms with E-state index in [2.05, 4.69) is 41.5 Å². The molecule has 10 nitrogen and oxygen atoms in total. The SMILES string of the molecule is C/C(=C\[C@@H](O)[C@H]1OC1(C)C)[C@H]1CC[C@]2(C)[C@@H]1[C@H](O)C[C@@H]1[C@@]3(C)CC[C@H](O)C(C)(C)[C@H]3[C@@H](O[C@@H]3O[C@H](CO)[C@@H](O)[C@H](O)[C@H]3O)C[C@]12C. The number of ether oxygens (including phenoxy) is 3. The van der Waals surface area contributed by atoms with Gasteiger partial charge in [0.2, 0.25) is 0 Å². The minimum atomic E-state index is -1.54. The summed E-state index contributed by atoms with van der Waals surface area (Å²) in [6.45, 7) is 16.6. The maximum Gasteiger partial charge on any atom is 0.186 e. The Hall–Kier alpha value is -0.660. The van der Waals surface area contributed by atoms with Crippen molar-refractivity contribution >= 4 is 0 Å². The van der Waals surface area contributed by atoms with Gasteiger partial charge in [-0.05, 0) is 105 Å². The molecule has 10 heteroatoms. The van der Waals surface area contributed by atoms with Gasteiger partial charge < -0.3 is 50.0 Å². The van der Waals surface area contributed by atoms with E-state index in [0.717, 1.165) is 24.8 Å². The molecule has 7 N–H and O–H groups in total.